The largest absolute Gasteiger partial charge is 0.493 e. The number of methoxy groups -OCH3 is 2. The Labute approximate surface area is 123 Å². The molecular formula is C15H22BrNO2. The Kier molecular flexibility index (Phi) is 4.11. The molecule has 106 valence electrons. The molecule has 0 atom stereocenters. The first kappa shape index (κ1) is 14.7. The van der Waals surface area contributed by atoms with Crippen LogP contribution in [0.1, 0.15) is 50.2 Å². The summed E-state index contributed by atoms with van der Waals surface area (Å²) < 4.78 is 11.9. The van der Waals surface area contributed by atoms with Crippen LogP contribution in [0.4, 0.5) is 0 Å². The van der Waals surface area contributed by atoms with E-state index in [1.54, 1.807) is 14.2 Å². The predicted molar refractivity (Wildman–Crippen MR) is 81.1 cm³/mol. The van der Waals surface area contributed by atoms with Crippen molar-refractivity contribution in [3.63, 3.8) is 0 Å². The Morgan fingerprint density at radius 3 is 2.26 bits per heavy atom. The topological polar surface area (TPSA) is 44.5 Å². The van der Waals surface area contributed by atoms with Gasteiger partial charge in [-0.05, 0) is 58.3 Å². The van der Waals surface area contributed by atoms with Gasteiger partial charge in [0, 0.05) is 5.54 Å². The van der Waals surface area contributed by atoms with E-state index in [0.29, 0.717) is 5.92 Å². The van der Waals surface area contributed by atoms with Crippen LogP contribution in [-0.2, 0) is 5.54 Å². The van der Waals surface area contributed by atoms with E-state index in [0.717, 1.165) is 28.8 Å². The summed E-state index contributed by atoms with van der Waals surface area (Å²) in [5.41, 5.74) is 8.75. The first-order chi connectivity index (χ1) is 8.94. The molecule has 1 aromatic carbocycles. The van der Waals surface area contributed by atoms with Crippen molar-refractivity contribution >= 4 is 15.9 Å². The highest BCUT2D eigenvalue weighted by Gasteiger charge is 2.38. The number of rotatable bonds is 4. The van der Waals surface area contributed by atoms with Gasteiger partial charge >= 0.3 is 0 Å². The summed E-state index contributed by atoms with van der Waals surface area (Å²) in [7, 11) is 3.32. The maximum absolute atomic E-state index is 6.53. The molecule has 3 nitrogen and oxygen atoms in total. The second kappa shape index (κ2) is 5.33. The van der Waals surface area contributed by atoms with E-state index in [4.69, 9.17) is 15.2 Å². The minimum Gasteiger partial charge on any atom is -0.493 e. The standard InChI is InChI=1S/C15H22BrNO2/c1-9(2)12-10(15(17)6-5-7-15)8-11(18-3)14(19-4)13(12)16/h8-9H,5-7,17H2,1-4H3. The van der Waals surface area contributed by atoms with E-state index >= 15 is 0 Å². The number of ether oxygens (including phenoxy) is 2. The molecule has 0 amide bonds. The Hall–Kier alpha value is -0.740. The minimum atomic E-state index is -0.207. The van der Waals surface area contributed by atoms with Crippen molar-refractivity contribution in [2.45, 2.75) is 44.6 Å². The fraction of sp³-hybridized carbons (Fsp3) is 0.600. The van der Waals surface area contributed by atoms with Crippen LogP contribution in [0.3, 0.4) is 0 Å². The van der Waals surface area contributed by atoms with E-state index in [1.165, 1.54) is 17.5 Å². The van der Waals surface area contributed by atoms with E-state index in [9.17, 15) is 0 Å². The summed E-state index contributed by atoms with van der Waals surface area (Å²) in [6.07, 6.45) is 3.27. The van der Waals surface area contributed by atoms with Crippen molar-refractivity contribution in [3.8, 4) is 11.5 Å². The fourth-order valence-corrected chi connectivity index (χ4v) is 3.80. The van der Waals surface area contributed by atoms with Crippen molar-refractivity contribution in [1.29, 1.82) is 0 Å². The molecule has 1 aromatic rings. The van der Waals surface area contributed by atoms with Crippen molar-refractivity contribution in [3.05, 3.63) is 21.7 Å². The highest BCUT2D eigenvalue weighted by Crippen LogP contribution is 2.49. The lowest BCUT2D eigenvalue weighted by Gasteiger charge is -2.41. The monoisotopic (exact) mass is 327 g/mol. The maximum Gasteiger partial charge on any atom is 0.175 e. The van der Waals surface area contributed by atoms with Gasteiger partial charge in [0.15, 0.2) is 11.5 Å². The number of benzene rings is 1. The molecule has 0 unspecified atom stereocenters. The highest BCUT2D eigenvalue weighted by atomic mass is 79.9. The van der Waals surface area contributed by atoms with Crippen LogP contribution in [0, 0.1) is 0 Å². The van der Waals surface area contributed by atoms with E-state index in [1.807, 2.05) is 0 Å². The Morgan fingerprint density at radius 2 is 1.89 bits per heavy atom. The van der Waals surface area contributed by atoms with Crippen LogP contribution in [0.25, 0.3) is 0 Å². The summed E-state index contributed by atoms with van der Waals surface area (Å²) in [4.78, 5) is 0. The SMILES string of the molecule is COc1cc(C2(N)CCC2)c(C(C)C)c(Br)c1OC. The van der Waals surface area contributed by atoms with Gasteiger partial charge in [0.2, 0.25) is 0 Å². The molecule has 2 rings (SSSR count). The molecule has 1 fully saturated rings. The summed E-state index contributed by atoms with van der Waals surface area (Å²) >= 11 is 3.67. The average molecular weight is 328 g/mol. The Morgan fingerprint density at radius 1 is 1.26 bits per heavy atom. The molecule has 2 N–H and O–H groups in total. The van der Waals surface area contributed by atoms with Gasteiger partial charge in [-0.15, -0.1) is 0 Å². The van der Waals surface area contributed by atoms with Crippen LogP contribution in [0.15, 0.2) is 10.5 Å². The van der Waals surface area contributed by atoms with Gasteiger partial charge in [0.1, 0.15) is 0 Å². The molecule has 19 heavy (non-hydrogen) atoms. The van der Waals surface area contributed by atoms with E-state index in [2.05, 4.69) is 35.8 Å². The van der Waals surface area contributed by atoms with Gasteiger partial charge in [-0.25, -0.2) is 0 Å². The summed E-state index contributed by atoms with van der Waals surface area (Å²) in [5.74, 6) is 1.87. The number of nitrogens with two attached hydrogens (primary N) is 1. The van der Waals surface area contributed by atoms with Crippen LogP contribution >= 0.6 is 15.9 Å². The van der Waals surface area contributed by atoms with E-state index in [-0.39, 0.29) is 5.54 Å². The summed E-state index contributed by atoms with van der Waals surface area (Å²) in [6.45, 7) is 4.36. The molecule has 1 aliphatic rings. The quantitative estimate of drug-likeness (QED) is 0.911. The van der Waals surface area contributed by atoms with Crippen molar-refractivity contribution in [1.82, 2.24) is 0 Å². The summed E-state index contributed by atoms with van der Waals surface area (Å²) in [5, 5.41) is 0. The van der Waals surface area contributed by atoms with Crippen molar-refractivity contribution < 1.29 is 9.47 Å². The van der Waals surface area contributed by atoms with Gasteiger partial charge in [-0.2, -0.15) is 0 Å². The third-order valence-electron chi connectivity index (χ3n) is 4.01. The number of halogens is 1. The van der Waals surface area contributed by atoms with Gasteiger partial charge in [-0.1, -0.05) is 13.8 Å². The molecule has 0 aliphatic heterocycles. The molecule has 1 aliphatic carbocycles. The lowest BCUT2D eigenvalue weighted by atomic mass is 9.70. The molecule has 0 aromatic heterocycles. The third-order valence-corrected chi connectivity index (χ3v) is 4.80. The fourth-order valence-electron chi connectivity index (χ4n) is 2.77. The van der Waals surface area contributed by atoms with Gasteiger partial charge in [0.25, 0.3) is 0 Å². The molecule has 0 radical (unpaired) electrons. The average Bonchev–Trinajstić information content (AvgIpc) is 2.34. The minimum absolute atomic E-state index is 0.207. The lowest BCUT2D eigenvalue weighted by molar-refractivity contribution is 0.249. The lowest BCUT2D eigenvalue weighted by Crippen LogP contribution is -2.44. The van der Waals surface area contributed by atoms with Crippen LogP contribution < -0.4 is 15.2 Å². The molecule has 4 heteroatoms. The molecular weight excluding hydrogens is 306 g/mol. The molecule has 0 bridgehead atoms. The van der Waals surface area contributed by atoms with Gasteiger partial charge in [0.05, 0.1) is 18.7 Å². The van der Waals surface area contributed by atoms with Crippen LogP contribution in [0.5, 0.6) is 11.5 Å². The smallest absolute Gasteiger partial charge is 0.175 e. The van der Waals surface area contributed by atoms with Crippen molar-refractivity contribution in [2.75, 3.05) is 14.2 Å². The molecule has 1 saturated carbocycles. The number of hydrogen-bond acceptors (Lipinski definition) is 3. The third kappa shape index (κ3) is 2.36. The Balaban J connectivity index is 2.67. The molecule has 0 spiro atoms. The van der Waals surface area contributed by atoms with Crippen LogP contribution in [0.2, 0.25) is 0 Å². The predicted octanol–water partition coefficient (Wildman–Crippen LogP) is 3.93. The zero-order valence-electron chi connectivity index (χ0n) is 12.0. The normalized spacial score (nSPS) is 17.2. The van der Waals surface area contributed by atoms with Gasteiger partial charge in [-0.3, -0.25) is 0 Å². The highest BCUT2D eigenvalue weighted by molar-refractivity contribution is 9.10. The summed E-state index contributed by atoms with van der Waals surface area (Å²) in [6, 6.07) is 2.05. The first-order valence-corrected chi connectivity index (χ1v) is 7.47. The zero-order chi connectivity index (χ0) is 14.2. The molecule has 0 saturated heterocycles. The second-order valence-electron chi connectivity index (χ2n) is 5.55. The number of hydrogen-bond donors (Lipinski definition) is 1. The van der Waals surface area contributed by atoms with Crippen molar-refractivity contribution in [2.24, 2.45) is 5.73 Å². The zero-order valence-corrected chi connectivity index (χ0v) is 13.6. The van der Waals surface area contributed by atoms with E-state index < -0.39 is 0 Å². The Bertz CT molecular complexity index is 482. The molecule has 0 heterocycles. The second-order valence-corrected chi connectivity index (χ2v) is 6.34. The maximum atomic E-state index is 6.53. The van der Waals surface area contributed by atoms with Crippen LogP contribution in [-0.4, -0.2) is 14.2 Å². The van der Waals surface area contributed by atoms with Gasteiger partial charge < -0.3 is 15.2 Å². The first-order valence-electron chi connectivity index (χ1n) is 6.68.